The molecule has 3 rings (SSSR count). The van der Waals surface area contributed by atoms with Crippen molar-refractivity contribution in [3.63, 3.8) is 0 Å². The van der Waals surface area contributed by atoms with E-state index in [0.29, 0.717) is 43.5 Å². The molecule has 0 spiro atoms. The second-order valence-electron chi connectivity index (χ2n) is 6.01. The predicted molar refractivity (Wildman–Crippen MR) is 89.8 cm³/mol. The number of anilines is 2. The first-order valence-electron chi connectivity index (χ1n) is 7.95. The summed E-state index contributed by atoms with van der Waals surface area (Å²) >= 11 is 0. The SMILES string of the molecule is Cc1nc2n(c(=O)c1C)CN(CCCO)CN2c1ccc(F)cc1. The van der Waals surface area contributed by atoms with E-state index in [0.717, 1.165) is 5.69 Å². The third-order valence-corrected chi connectivity index (χ3v) is 4.31. The van der Waals surface area contributed by atoms with Gasteiger partial charge in [0.1, 0.15) is 5.82 Å². The van der Waals surface area contributed by atoms with Gasteiger partial charge in [0.15, 0.2) is 0 Å². The van der Waals surface area contributed by atoms with E-state index in [1.54, 1.807) is 23.6 Å². The van der Waals surface area contributed by atoms with Crippen LogP contribution in [0.15, 0.2) is 29.1 Å². The fourth-order valence-corrected chi connectivity index (χ4v) is 2.84. The maximum absolute atomic E-state index is 13.2. The van der Waals surface area contributed by atoms with Crippen LogP contribution in [0, 0.1) is 19.7 Å². The molecule has 6 nitrogen and oxygen atoms in total. The minimum absolute atomic E-state index is 0.0710. The van der Waals surface area contributed by atoms with Crippen LogP contribution in [0.1, 0.15) is 17.7 Å². The highest BCUT2D eigenvalue weighted by Crippen LogP contribution is 2.27. The second-order valence-corrected chi connectivity index (χ2v) is 6.01. The normalized spacial score (nSPS) is 14.8. The molecule has 24 heavy (non-hydrogen) atoms. The van der Waals surface area contributed by atoms with Crippen molar-refractivity contribution in [1.82, 2.24) is 14.5 Å². The molecule has 0 atom stereocenters. The molecule has 128 valence electrons. The number of fused-ring (bicyclic) bond motifs is 1. The summed E-state index contributed by atoms with van der Waals surface area (Å²) in [6, 6.07) is 6.14. The van der Waals surface area contributed by atoms with Crippen molar-refractivity contribution in [2.75, 3.05) is 24.7 Å². The van der Waals surface area contributed by atoms with Crippen molar-refractivity contribution in [2.24, 2.45) is 0 Å². The summed E-state index contributed by atoms with van der Waals surface area (Å²) in [4.78, 5) is 21.2. The average molecular weight is 332 g/mol. The lowest BCUT2D eigenvalue weighted by molar-refractivity contribution is 0.175. The lowest BCUT2D eigenvalue weighted by Crippen LogP contribution is -2.48. The van der Waals surface area contributed by atoms with Crippen LogP contribution in [0.4, 0.5) is 16.0 Å². The summed E-state index contributed by atoms with van der Waals surface area (Å²) in [6.07, 6.45) is 0.625. The smallest absolute Gasteiger partial charge is 0.259 e. The number of nitrogens with zero attached hydrogens (tertiary/aromatic N) is 4. The van der Waals surface area contributed by atoms with Crippen molar-refractivity contribution >= 4 is 11.6 Å². The van der Waals surface area contributed by atoms with E-state index in [1.165, 1.54) is 12.1 Å². The van der Waals surface area contributed by atoms with Crippen molar-refractivity contribution in [2.45, 2.75) is 26.9 Å². The lowest BCUT2D eigenvalue weighted by Gasteiger charge is -2.38. The topological polar surface area (TPSA) is 61.6 Å². The van der Waals surface area contributed by atoms with Gasteiger partial charge in [0.2, 0.25) is 5.95 Å². The maximum atomic E-state index is 13.2. The summed E-state index contributed by atoms with van der Waals surface area (Å²) in [5.41, 5.74) is 2.02. The van der Waals surface area contributed by atoms with Gasteiger partial charge in [-0.05, 0) is 44.5 Å². The van der Waals surface area contributed by atoms with Crippen LogP contribution in [-0.2, 0) is 6.67 Å². The van der Waals surface area contributed by atoms with Crippen molar-refractivity contribution in [3.8, 4) is 0 Å². The maximum Gasteiger partial charge on any atom is 0.259 e. The molecule has 0 fully saturated rings. The summed E-state index contributed by atoms with van der Waals surface area (Å²) < 4.78 is 14.9. The molecule has 0 saturated heterocycles. The fourth-order valence-electron chi connectivity index (χ4n) is 2.84. The van der Waals surface area contributed by atoms with Crippen LogP contribution < -0.4 is 10.5 Å². The Morgan fingerprint density at radius 2 is 1.92 bits per heavy atom. The van der Waals surface area contributed by atoms with E-state index in [9.17, 15) is 9.18 Å². The Morgan fingerprint density at radius 1 is 1.21 bits per heavy atom. The number of aryl methyl sites for hydroxylation is 1. The van der Waals surface area contributed by atoms with Gasteiger partial charge >= 0.3 is 0 Å². The highest BCUT2D eigenvalue weighted by molar-refractivity contribution is 5.58. The summed E-state index contributed by atoms with van der Waals surface area (Å²) in [7, 11) is 0. The Hall–Kier alpha value is -2.25. The van der Waals surface area contributed by atoms with Crippen LogP contribution in [0.2, 0.25) is 0 Å². The Bertz CT molecular complexity index is 788. The molecule has 0 amide bonds. The van der Waals surface area contributed by atoms with Crippen molar-refractivity contribution < 1.29 is 9.50 Å². The second kappa shape index (κ2) is 6.70. The van der Waals surface area contributed by atoms with Gasteiger partial charge in [0.25, 0.3) is 5.56 Å². The Labute approximate surface area is 139 Å². The molecule has 1 N–H and O–H groups in total. The van der Waals surface area contributed by atoms with Crippen LogP contribution >= 0.6 is 0 Å². The molecule has 0 saturated carbocycles. The molecule has 0 radical (unpaired) electrons. The summed E-state index contributed by atoms with van der Waals surface area (Å²) in [5, 5.41) is 9.08. The standard InChI is InChI=1S/C17H21FN4O2/c1-12-13(2)19-17-21(15-6-4-14(18)5-7-15)10-20(8-3-9-23)11-22(17)16(12)24/h4-7,23H,3,8-11H2,1-2H3. The Morgan fingerprint density at radius 3 is 2.58 bits per heavy atom. The Kier molecular flexibility index (Phi) is 4.64. The third kappa shape index (κ3) is 3.05. The van der Waals surface area contributed by atoms with Crippen LogP contribution in [0.25, 0.3) is 0 Å². The monoisotopic (exact) mass is 332 g/mol. The molecule has 7 heteroatoms. The van der Waals surface area contributed by atoms with Gasteiger partial charge in [-0.3, -0.25) is 19.2 Å². The summed E-state index contributed by atoms with van der Waals surface area (Å²) in [6.45, 7) is 5.30. The number of benzene rings is 1. The third-order valence-electron chi connectivity index (χ3n) is 4.31. The van der Waals surface area contributed by atoms with Crippen LogP contribution in [0.3, 0.4) is 0 Å². The highest BCUT2D eigenvalue weighted by Gasteiger charge is 2.26. The van der Waals surface area contributed by atoms with Gasteiger partial charge in [-0.15, -0.1) is 0 Å². The number of halogens is 1. The van der Waals surface area contributed by atoms with Gasteiger partial charge in [-0.25, -0.2) is 9.37 Å². The number of hydrogen-bond acceptors (Lipinski definition) is 5. The zero-order valence-corrected chi connectivity index (χ0v) is 13.9. The number of aromatic nitrogens is 2. The first-order valence-corrected chi connectivity index (χ1v) is 7.95. The lowest BCUT2D eigenvalue weighted by atomic mass is 10.2. The number of aliphatic hydroxyl groups is 1. The van der Waals surface area contributed by atoms with Gasteiger partial charge in [0, 0.05) is 30.1 Å². The minimum Gasteiger partial charge on any atom is -0.396 e. The van der Waals surface area contributed by atoms with E-state index >= 15 is 0 Å². The number of rotatable bonds is 4. The van der Waals surface area contributed by atoms with Gasteiger partial charge in [-0.2, -0.15) is 0 Å². The molecule has 0 aliphatic carbocycles. The molecule has 1 aliphatic rings. The van der Waals surface area contributed by atoms with Gasteiger partial charge < -0.3 is 5.11 Å². The largest absolute Gasteiger partial charge is 0.396 e. The molecule has 1 aromatic heterocycles. The number of aliphatic hydroxyl groups excluding tert-OH is 1. The zero-order chi connectivity index (χ0) is 17.3. The van der Waals surface area contributed by atoms with Crippen LogP contribution in [0.5, 0.6) is 0 Å². The predicted octanol–water partition coefficient (Wildman–Crippen LogP) is 1.75. The summed E-state index contributed by atoms with van der Waals surface area (Å²) in [5.74, 6) is 0.258. The van der Waals surface area contributed by atoms with Crippen molar-refractivity contribution in [1.29, 1.82) is 0 Å². The molecule has 1 aliphatic heterocycles. The van der Waals surface area contributed by atoms with E-state index in [-0.39, 0.29) is 18.0 Å². The van der Waals surface area contributed by atoms with E-state index < -0.39 is 0 Å². The minimum atomic E-state index is -0.307. The molecular formula is C17H21FN4O2. The van der Waals surface area contributed by atoms with E-state index in [4.69, 9.17) is 5.11 Å². The molecule has 1 aromatic carbocycles. The Balaban J connectivity index is 2.08. The van der Waals surface area contributed by atoms with Crippen molar-refractivity contribution in [3.05, 3.63) is 51.7 Å². The average Bonchev–Trinajstić information content (AvgIpc) is 2.58. The molecule has 0 bridgehead atoms. The molecular weight excluding hydrogens is 311 g/mol. The van der Waals surface area contributed by atoms with E-state index in [1.807, 2.05) is 11.8 Å². The number of hydrogen-bond donors (Lipinski definition) is 1. The molecule has 2 heterocycles. The highest BCUT2D eigenvalue weighted by atomic mass is 19.1. The first-order chi connectivity index (χ1) is 11.5. The van der Waals surface area contributed by atoms with Crippen LogP contribution in [-0.4, -0.2) is 39.4 Å². The quantitative estimate of drug-likeness (QED) is 0.924. The first kappa shape index (κ1) is 16.6. The molecule has 2 aromatic rings. The van der Waals surface area contributed by atoms with Gasteiger partial charge in [-0.1, -0.05) is 0 Å². The zero-order valence-electron chi connectivity index (χ0n) is 13.9. The van der Waals surface area contributed by atoms with Gasteiger partial charge in [0.05, 0.1) is 13.3 Å². The molecule has 0 unspecified atom stereocenters. The van der Waals surface area contributed by atoms with E-state index in [2.05, 4.69) is 9.88 Å². The fraction of sp³-hybridized carbons (Fsp3) is 0.412.